The van der Waals surface area contributed by atoms with Crippen LogP contribution in [0.15, 0.2) is 72.8 Å². The van der Waals surface area contributed by atoms with Gasteiger partial charge in [0.25, 0.3) is 0 Å². The van der Waals surface area contributed by atoms with Gasteiger partial charge in [0, 0.05) is 14.7 Å². The van der Waals surface area contributed by atoms with Gasteiger partial charge in [0.05, 0.1) is 30.7 Å². The molecule has 1 aliphatic carbocycles. The largest absolute Gasteiger partial charge is 0.497 e. The maximum absolute atomic E-state index is 13.9. The van der Waals surface area contributed by atoms with Gasteiger partial charge in [0.1, 0.15) is 5.75 Å². The van der Waals surface area contributed by atoms with Crippen LogP contribution in [0.5, 0.6) is 5.75 Å². The smallest absolute Gasteiger partial charge is 0.241 e. The number of ketones is 2. The van der Waals surface area contributed by atoms with Crippen molar-refractivity contribution in [3.63, 3.8) is 0 Å². The van der Waals surface area contributed by atoms with Crippen molar-refractivity contribution in [1.29, 1.82) is 0 Å². The number of benzene rings is 3. The normalized spacial score (nSPS) is 24.3. The van der Waals surface area contributed by atoms with Gasteiger partial charge in [-0.2, -0.15) is 0 Å². The van der Waals surface area contributed by atoms with Crippen LogP contribution >= 0.6 is 22.6 Å². The summed E-state index contributed by atoms with van der Waals surface area (Å²) in [6, 6.07) is 20.3. The molecule has 2 aliphatic heterocycles. The molecule has 0 saturated carbocycles. The van der Waals surface area contributed by atoms with Crippen LogP contribution < -0.4 is 9.64 Å². The van der Waals surface area contributed by atoms with Gasteiger partial charge < -0.3 is 9.47 Å². The van der Waals surface area contributed by atoms with Gasteiger partial charge in [-0.15, -0.1) is 0 Å². The molecule has 0 unspecified atom stereocenters. The highest BCUT2D eigenvalue weighted by Crippen LogP contribution is 2.57. The molecule has 8 heteroatoms. The van der Waals surface area contributed by atoms with Crippen LogP contribution in [0.1, 0.15) is 32.4 Å². The maximum atomic E-state index is 13.9. The molecule has 2 saturated heterocycles. The van der Waals surface area contributed by atoms with Crippen molar-refractivity contribution in [1.82, 2.24) is 0 Å². The lowest BCUT2D eigenvalue weighted by atomic mass is 9.77. The van der Waals surface area contributed by atoms with Crippen molar-refractivity contribution in [3.8, 4) is 5.75 Å². The van der Waals surface area contributed by atoms with Crippen molar-refractivity contribution in [2.75, 3.05) is 12.0 Å². The molecule has 1 spiro atoms. The zero-order chi connectivity index (χ0) is 24.5. The van der Waals surface area contributed by atoms with E-state index in [1.54, 1.807) is 54.6 Å². The highest BCUT2D eigenvalue weighted by atomic mass is 127. The molecular weight excluding hydrogens is 561 g/mol. The van der Waals surface area contributed by atoms with E-state index >= 15 is 0 Å². The number of imide groups is 1. The first-order valence-electron chi connectivity index (χ1n) is 11.0. The van der Waals surface area contributed by atoms with E-state index < -0.39 is 46.9 Å². The van der Waals surface area contributed by atoms with E-state index in [1.165, 1.54) is 7.11 Å². The third-order valence-corrected chi connectivity index (χ3v) is 7.70. The van der Waals surface area contributed by atoms with E-state index in [1.807, 2.05) is 18.2 Å². The number of rotatable bonds is 3. The van der Waals surface area contributed by atoms with Crippen LogP contribution in [-0.2, 0) is 14.3 Å². The number of hydrogen-bond acceptors (Lipinski definition) is 6. The number of nitrogens with zero attached hydrogens (tertiary/aromatic N) is 1. The summed E-state index contributed by atoms with van der Waals surface area (Å²) in [6.45, 7) is 0. The Bertz CT molecular complexity index is 1400. The molecule has 174 valence electrons. The Morgan fingerprint density at radius 1 is 0.857 bits per heavy atom. The lowest BCUT2D eigenvalue weighted by Gasteiger charge is -2.27. The summed E-state index contributed by atoms with van der Waals surface area (Å²) in [5, 5.41) is 0. The molecular formula is C27H18INO6. The molecule has 35 heavy (non-hydrogen) atoms. The minimum Gasteiger partial charge on any atom is -0.497 e. The van der Waals surface area contributed by atoms with Crippen LogP contribution in [0.4, 0.5) is 5.69 Å². The average molecular weight is 579 g/mol. The number of fused-ring (bicyclic) bond motifs is 3. The number of amides is 2. The van der Waals surface area contributed by atoms with E-state index in [9.17, 15) is 19.2 Å². The molecule has 7 nitrogen and oxygen atoms in total. The summed E-state index contributed by atoms with van der Waals surface area (Å²) in [6.07, 6.45) is -0.934. The first-order chi connectivity index (χ1) is 16.9. The third kappa shape index (κ3) is 2.93. The molecule has 3 aliphatic rings. The summed E-state index contributed by atoms with van der Waals surface area (Å²) in [7, 11) is 1.52. The van der Waals surface area contributed by atoms with Crippen LogP contribution in [0, 0.1) is 15.4 Å². The first kappa shape index (κ1) is 22.1. The van der Waals surface area contributed by atoms with Gasteiger partial charge in [-0.3, -0.25) is 19.2 Å². The summed E-state index contributed by atoms with van der Waals surface area (Å²) in [4.78, 5) is 56.3. The standard InChI is InChI=1S/C27H18INO6/c1-34-17-11-9-16(10-12-17)29-25(32)20-21(26(29)33)27(35-22(20)14-5-4-6-15(28)13-14)23(30)18-7-2-3-8-19(18)24(27)31/h2-13,20-22H,1H3/t20-,21-,22-/m0/s1. The van der Waals surface area contributed by atoms with Crippen LogP contribution in [0.25, 0.3) is 0 Å². The summed E-state index contributed by atoms with van der Waals surface area (Å²) >= 11 is 2.15. The molecule has 3 atom stereocenters. The minimum absolute atomic E-state index is 0.211. The Morgan fingerprint density at radius 3 is 2.11 bits per heavy atom. The number of halogens is 1. The fraction of sp³-hybridized carbons (Fsp3) is 0.185. The topological polar surface area (TPSA) is 90.0 Å². The SMILES string of the molecule is COc1ccc(N2C(=O)[C@H]3[C@@H](C2=O)C2(O[C@H]3c3cccc(I)c3)C(=O)c3ccccc3C2=O)cc1. The first-order valence-corrected chi connectivity index (χ1v) is 12.1. The zero-order valence-corrected chi connectivity index (χ0v) is 20.6. The van der Waals surface area contributed by atoms with E-state index in [2.05, 4.69) is 22.6 Å². The van der Waals surface area contributed by atoms with Crippen molar-refractivity contribution < 1.29 is 28.7 Å². The second-order valence-electron chi connectivity index (χ2n) is 8.75. The number of anilines is 1. The van der Waals surface area contributed by atoms with Crippen LogP contribution in [-0.4, -0.2) is 36.1 Å². The van der Waals surface area contributed by atoms with Gasteiger partial charge in [0.2, 0.25) is 29.0 Å². The van der Waals surface area contributed by atoms with Crippen molar-refractivity contribution in [2.45, 2.75) is 11.7 Å². The monoisotopic (exact) mass is 579 g/mol. The highest BCUT2D eigenvalue weighted by Gasteiger charge is 2.74. The Labute approximate surface area is 214 Å². The van der Waals surface area contributed by atoms with Gasteiger partial charge in [-0.05, 0) is 64.6 Å². The number of carbonyl (C=O) groups is 4. The van der Waals surface area contributed by atoms with E-state index in [0.717, 1.165) is 8.47 Å². The van der Waals surface area contributed by atoms with Crippen LogP contribution in [0.3, 0.4) is 0 Å². The third-order valence-electron chi connectivity index (χ3n) is 7.03. The molecule has 3 aromatic rings. The van der Waals surface area contributed by atoms with Crippen molar-refractivity contribution in [3.05, 3.63) is 93.1 Å². The lowest BCUT2D eigenvalue weighted by Crippen LogP contribution is -2.51. The van der Waals surface area contributed by atoms with E-state index in [-0.39, 0.29) is 11.1 Å². The van der Waals surface area contributed by atoms with Gasteiger partial charge in [-0.25, -0.2) is 4.90 Å². The second kappa shape index (κ2) is 7.82. The van der Waals surface area contributed by atoms with E-state index in [0.29, 0.717) is 17.0 Å². The molecule has 6 rings (SSSR count). The van der Waals surface area contributed by atoms with Gasteiger partial charge in [-0.1, -0.05) is 36.4 Å². The lowest BCUT2D eigenvalue weighted by molar-refractivity contribution is -0.127. The molecule has 3 aromatic carbocycles. The summed E-state index contributed by atoms with van der Waals surface area (Å²) in [5.74, 6) is -3.98. The molecule has 0 radical (unpaired) electrons. The molecule has 0 bridgehead atoms. The second-order valence-corrected chi connectivity index (χ2v) is 9.99. The Balaban J connectivity index is 1.53. The van der Waals surface area contributed by atoms with E-state index in [4.69, 9.17) is 9.47 Å². The highest BCUT2D eigenvalue weighted by molar-refractivity contribution is 14.1. The summed E-state index contributed by atoms with van der Waals surface area (Å²) in [5.41, 5.74) is -0.667. The minimum atomic E-state index is -2.08. The Morgan fingerprint density at radius 2 is 1.51 bits per heavy atom. The molecule has 0 N–H and O–H groups in total. The van der Waals surface area contributed by atoms with Gasteiger partial charge >= 0.3 is 0 Å². The van der Waals surface area contributed by atoms with Gasteiger partial charge in [0.15, 0.2) is 0 Å². The average Bonchev–Trinajstić information content (AvgIpc) is 3.44. The van der Waals surface area contributed by atoms with Crippen molar-refractivity contribution in [2.24, 2.45) is 11.8 Å². The number of hydrogen-bond donors (Lipinski definition) is 0. The number of Topliss-reactive ketones (excluding diaryl/α,β-unsaturated/α-hetero) is 2. The Kier molecular flexibility index (Phi) is 4.94. The summed E-state index contributed by atoms with van der Waals surface area (Å²) < 4.78 is 12.4. The number of ether oxygens (including phenoxy) is 2. The molecule has 2 amide bonds. The zero-order valence-electron chi connectivity index (χ0n) is 18.4. The predicted octanol–water partition coefficient (Wildman–Crippen LogP) is 3.99. The number of methoxy groups -OCH3 is 1. The number of carbonyl (C=O) groups excluding carboxylic acids is 4. The quantitative estimate of drug-likeness (QED) is 0.265. The fourth-order valence-corrected chi connectivity index (χ4v) is 6.05. The van der Waals surface area contributed by atoms with Crippen molar-refractivity contribution >= 4 is 51.7 Å². The Hall–Kier alpha value is -3.37. The molecule has 2 fully saturated rings. The molecule has 0 aromatic heterocycles. The molecule has 2 heterocycles. The maximum Gasteiger partial charge on any atom is 0.241 e. The van der Waals surface area contributed by atoms with Crippen LogP contribution in [0.2, 0.25) is 0 Å². The fourth-order valence-electron chi connectivity index (χ4n) is 5.49. The predicted molar refractivity (Wildman–Crippen MR) is 133 cm³/mol.